The van der Waals surface area contributed by atoms with E-state index in [4.69, 9.17) is 27.9 Å². The number of carbonyl (C=O) groups is 1. The predicted molar refractivity (Wildman–Crippen MR) is 68.9 cm³/mol. The van der Waals surface area contributed by atoms with Crippen LogP contribution in [0, 0.1) is 6.92 Å². The van der Waals surface area contributed by atoms with Crippen molar-refractivity contribution in [1.82, 2.24) is 4.98 Å². The lowest BCUT2D eigenvalue weighted by atomic mass is 10.2. The van der Waals surface area contributed by atoms with Crippen LogP contribution in [0.1, 0.15) is 26.5 Å². The first-order valence-corrected chi connectivity index (χ1v) is 5.77. The normalized spacial score (nSPS) is 11.2. The number of halogens is 2. The maximum absolute atomic E-state index is 11.5. The number of rotatable bonds is 1. The summed E-state index contributed by atoms with van der Waals surface area (Å²) in [5.41, 5.74) is 0.501. The van der Waals surface area contributed by atoms with E-state index in [0.717, 1.165) is 0 Å². The van der Waals surface area contributed by atoms with Gasteiger partial charge >= 0.3 is 6.09 Å². The molecule has 4 nitrogen and oxygen atoms in total. The number of carbonyl (C=O) groups excluding carboxylic acids is 1. The second-order valence-electron chi connectivity index (χ2n) is 4.52. The van der Waals surface area contributed by atoms with Crippen molar-refractivity contribution in [3.63, 3.8) is 0 Å². The van der Waals surface area contributed by atoms with Crippen molar-refractivity contribution in [3.8, 4) is 0 Å². The summed E-state index contributed by atoms with van der Waals surface area (Å²) in [5.74, 6) is 0. The fourth-order valence-corrected chi connectivity index (χ4v) is 1.42. The zero-order chi connectivity index (χ0) is 13.2. The number of anilines is 1. The van der Waals surface area contributed by atoms with Gasteiger partial charge in [0.2, 0.25) is 0 Å². The number of ether oxygens (including phenoxy) is 1. The molecule has 0 aliphatic carbocycles. The molecule has 1 amide bonds. The van der Waals surface area contributed by atoms with Crippen LogP contribution in [0.3, 0.4) is 0 Å². The molecule has 0 bridgehead atoms. The highest BCUT2D eigenvalue weighted by Gasteiger charge is 2.17. The SMILES string of the molecule is Cc1nc(Cl)c(Cl)cc1NC(=O)OC(C)(C)C. The van der Waals surface area contributed by atoms with Crippen LogP contribution < -0.4 is 5.32 Å². The zero-order valence-corrected chi connectivity index (χ0v) is 11.6. The van der Waals surface area contributed by atoms with E-state index < -0.39 is 11.7 Å². The van der Waals surface area contributed by atoms with E-state index in [1.54, 1.807) is 27.7 Å². The molecule has 1 N–H and O–H groups in total. The summed E-state index contributed by atoms with van der Waals surface area (Å²) < 4.78 is 5.11. The molecule has 6 heteroatoms. The number of pyridine rings is 1. The highest BCUT2D eigenvalue weighted by Crippen LogP contribution is 2.25. The molecule has 0 radical (unpaired) electrons. The van der Waals surface area contributed by atoms with Crippen molar-refractivity contribution in [2.45, 2.75) is 33.3 Å². The Hall–Kier alpha value is -1.00. The highest BCUT2D eigenvalue weighted by atomic mass is 35.5. The van der Waals surface area contributed by atoms with Crippen molar-refractivity contribution >= 4 is 35.0 Å². The number of nitrogens with one attached hydrogen (secondary N) is 1. The summed E-state index contributed by atoms with van der Waals surface area (Å²) in [6.45, 7) is 7.07. The number of aromatic nitrogens is 1. The van der Waals surface area contributed by atoms with Crippen molar-refractivity contribution in [3.05, 3.63) is 21.9 Å². The minimum Gasteiger partial charge on any atom is -0.444 e. The highest BCUT2D eigenvalue weighted by molar-refractivity contribution is 6.41. The second-order valence-corrected chi connectivity index (χ2v) is 5.29. The Morgan fingerprint density at radius 2 is 2.00 bits per heavy atom. The molecule has 0 spiro atoms. The predicted octanol–water partition coefficient (Wildman–Crippen LogP) is 4.04. The average Bonchev–Trinajstić information content (AvgIpc) is 2.11. The number of aryl methyl sites for hydroxylation is 1. The van der Waals surface area contributed by atoms with Gasteiger partial charge in [0, 0.05) is 0 Å². The lowest BCUT2D eigenvalue weighted by molar-refractivity contribution is 0.0635. The van der Waals surface area contributed by atoms with Crippen LogP contribution >= 0.6 is 23.2 Å². The third kappa shape index (κ3) is 4.40. The number of nitrogens with zero attached hydrogens (tertiary/aromatic N) is 1. The molecular formula is C11H14Cl2N2O2. The average molecular weight is 277 g/mol. The number of hydrogen-bond acceptors (Lipinski definition) is 3. The molecule has 0 atom stereocenters. The van der Waals surface area contributed by atoms with Gasteiger partial charge in [-0.05, 0) is 33.8 Å². The van der Waals surface area contributed by atoms with Crippen LogP contribution in [0.25, 0.3) is 0 Å². The Bertz CT molecular complexity index is 442. The molecule has 0 fully saturated rings. The lowest BCUT2D eigenvalue weighted by Gasteiger charge is -2.20. The molecular weight excluding hydrogens is 263 g/mol. The number of hydrogen-bond donors (Lipinski definition) is 1. The Kier molecular flexibility index (Phi) is 4.22. The number of amides is 1. The van der Waals surface area contributed by atoms with E-state index in [1.165, 1.54) is 6.07 Å². The van der Waals surface area contributed by atoms with Crippen molar-refractivity contribution < 1.29 is 9.53 Å². The smallest absolute Gasteiger partial charge is 0.412 e. The maximum Gasteiger partial charge on any atom is 0.412 e. The van der Waals surface area contributed by atoms with Gasteiger partial charge in [-0.25, -0.2) is 9.78 Å². The molecule has 1 rings (SSSR count). The first kappa shape index (κ1) is 14.1. The van der Waals surface area contributed by atoms with E-state index in [1.807, 2.05) is 0 Å². The topological polar surface area (TPSA) is 51.2 Å². The van der Waals surface area contributed by atoms with Gasteiger partial charge in [-0.3, -0.25) is 5.32 Å². The van der Waals surface area contributed by atoms with Crippen LogP contribution in [0.2, 0.25) is 10.2 Å². The van der Waals surface area contributed by atoms with E-state index in [2.05, 4.69) is 10.3 Å². The molecule has 0 aromatic carbocycles. The molecule has 17 heavy (non-hydrogen) atoms. The Morgan fingerprint density at radius 1 is 1.41 bits per heavy atom. The minimum atomic E-state index is -0.555. The van der Waals surface area contributed by atoms with E-state index in [0.29, 0.717) is 11.4 Å². The molecule has 94 valence electrons. The zero-order valence-electron chi connectivity index (χ0n) is 10.1. The second kappa shape index (κ2) is 5.10. The first-order chi connectivity index (χ1) is 7.69. The maximum atomic E-state index is 11.5. The molecule has 0 aliphatic heterocycles. The van der Waals surface area contributed by atoms with Crippen molar-refractivity contribution in [2.75, 3.05) is 5.32 Å². The third-order valence-electron chi connectivity index (χ3n) is 1.76. The molecule has 0 saturated heterocycles. The molecule has 1 heterocycles. The van der Waals surface area contributed by atoms with E-state index in [-0.39, 0.29) is 10.2 Å². The quantitative estimate of drug-likeness (QED) is 0.788. The Balaban J connectivity index is 2.82. The van der Waals surface area contributed by atoms with Crippen LogP contribution in [0.5, 0.6) is 0 Å². The van der Waals surface area contributed by atoms with Crippen LogP contribution in [0.4, 0.5) is 10.5 Å². The summed E-state index contributed by atoms with van der Waals surface area (Å²) in [6, 6.07) is 1.54. The summed E-state index contributed by atoms with van der Waals surface area (Å²) in [7, 11) is 0. The van der Waals surface area contributed by atoms with Crippen LogP contribution in [-0.4, -0.2) is 16.7 Å². The monoisotopic (exact) mass is 276 g/mol. The molecule has 1 aromatic heterocycles. The van der Waals surface area contributed by atoms with Gasteiger partial charge in [0.05, 0.1) is 16.4 Å². The van der Waals surface area contributed by atoms with Gasteiger partial charge in [-0.1, -0.05) is 23.2 Å². The molecule has 1 aromatic rings. The largest absolute Gasteiger partial charge is 0.444 e. The van der Waals surface area contributed by atoms with Crippen LogP contribution in [0.15, 0.2) is 6.07 Å². The van der Waals surface area contributed by atoms with Crippen molar-refractivity contribution in [2.24, 2.45) is 0 Å². The molecule has 0 aliphatic rings. The van der Waals surface area contributed by atoms with Gasteiger partial charge < -0.3 is 4.74 Å². The fraction of sp³-hybridized carbons (Fsp3) is 0.455. The standard InChI is InChI=1S/C11H14Cl2N2O2/c1-6-8(5-7(12)9(13)14-6)15-10(16)17-11(2,3)4/h5H,1-4H3,(H,15,16). The summed E-state index contributed by atoms with van der Waals surface area (Å²) >= 11 is 11.6. The van der Waals surface area contributed by atoms with Crippen LogP contribution in [-0.2, 0) is 4.74 Å². The minimum absolute atomic E-state index is 0.207. The van der Waals surface area contributed by atoms with Gasteiger partial charge in [-0.15, -0.1) is 0 Å². The lowest BCUT2D eigenvalue weighted by Crippen LogP contribution is -2.27. The Morgan fingerprint density at radius 3 is 2.53 bits per heavy atom. The van der Waals surface area contributed by atoms with Gasteiger partial charge in [0.15, 0.2) is 0 Å². The molecule has 0 saturated carbocycles. The van der Waals surface area contributed by atoms with Gasteiger partial charge in [0.1, 0.15) is 10.8 Å². The van der Waals surface area contributed by atoms with Gasteiger partial charge in [0.25, 0.3) is 0 Å². The van der Waals surface area contributed by atoms with E-state index in [9.17, 15) is 4.79 Å². The third-order valence-corrected chi connectivity index (χ3v) is 2.43. The summed E-state index contributed by atoms with van der Waals surface area (Å²) in [4.78, 5) is 15.5. The van der Waals surface area contributed by atoms with E-state index >= 15 is 0 Å². The van der Waals surface area contributed by atoms with Crippen molar-refractivity contribution in [1.29, 1.82) is 0 Å². The Labute approximate surface area is 110 Å². The fourth-order valence-electron chi connectivity index (χ4n) is 1.09. The first-order valence-electron chi connectivity index (χ1n) is 5.01. The van der Waals surface area contributed by atoms with Gasteiger partial charge in [-0.2, -0.15) is 0 Å². The summed E-state index contributed by atoms with van der Waals surface area (Å²) in [6.07, 6.45) is -0.555. The molecule has 0 unspecified atom stereocenters. The summed E-state index contributed by atoms with van der Waals surface area (Å²) in [5, 5.41) is 3.06.